The molecule has 1 heterocycles. The van der Waals surface area contributed by atoms with Gasteiger partial charge in [0, 0.05) is 5.69 Å². The summed E-state index contributed by atoms with van der Waals surface area (Å²) in [7, 11) is 0. The molecule has 104 valence electrons. The molecule has 7 heteroatoms. The number of amides is 1. The largest absolute Gasteiger partial charge is 0.482 e. The molecule has 0 saturated carbocycles. The minimum Gasteiger partial charge on any atom is -0.482 e. The average Bonchev–Trinajstić information content (AvgIpc) is 2.84. The molecule has 1 aromatic heterocycles. The van der Waals surface area contributed by atoms with E-state index in [2.05, 4.69) is 5.32 Å². The Morgan fingerprint density at radius 1 is 1.25 bits per heavy atom. The highest BCUT2D eigenvalue weighted by atomic mass is 35.5. The van der Waals surface area contributed by atoms with Crippen LogP contribution in [-0.4, -0.2) is 23.6 Å². The van der Waals surface area contributed by atoms with Crippen LogP contribution in [0.5, 0.6) is 5.75 Å². The maximum absolute atomic E-state index is 11.9. The predicted octanol–water partition coefficient (Wildman–Crippen LogP) is 3.12. The number of ether oxygens (including phenoxy) is 1. The van der Waals surface area contributed by atoms with Crippen LogP contribution in [0.1, 0.15) is 9.67 Å². The first-order valence-electron chi connectivity index (χ1n) is 5.55. The molecule has 2 N–H and O–H groups in total. The zero-order valence-corrected chi connectivity index (χ0v) is 11.7. The van der Waals surface area contributed by atoms with Crippen LogP contribution in [0.2, 0.25) is 5.02 Å². The van der Waals surface area contributed by atoms with Crippen molar-refractivity contribution in [1.82, 2.24) is 0 Å². The second-order valence-corrected chi connectivity index (χ2v) is 5.08. The smallest absolute Gasteiger partial charge is 0.341 e. The molecule has 0 bridgehead atoms. The van der Waals surface area contributed by atoms with Crippen LogP contribution >= 0.6 is 22.9 Å². The van der Waals surface area contributed by atoms with E-state index in [0.29, 0.717) is 21.3 Å². The van der Waals surface area contributed by atoms with Gasteiger partial charge >= 0.3 is 5.97 Å². The van der Waals surface area contributed by atoms with Gasteiger partial charge in [-0.3, -0.25) is 4.79 Å². The van der Waals surface area contributed by atoms with Crippen molar-refractivity contribution in [2.24, 2.45) is 0 Å². The van der Waals surface area contributed by atoms with Crippen molar-refractivity contribution >= 4 is 40.5 Å². The van der Waals surface area contributed by atoms with Gasteiger partial charge in [0.2, 0.25) is 0 Å². The third kappa shape index (κ3) is 3.72. The van der Waals surface area contributed by atoms with E-state index in [9.17, 15) is 9.59 Å². The number of rotatable bonds is 5. The summed E-state index contributed by atoms with van der Waals surface area (Å²) in [6.07, 6.45) is 0. The summed E-state index contributed by atoms with van der Waals surface area (Å²) in [4.78, 5) is 22.7. The fourth-order valence-electron chi connectivity index (χ4n) is 1.42. The van der Waals surface area contributed by atoms with Gasteiger partial charge in [-0.1, -0.05) is 11.6 Å². The molecule has 0 unspecified atom stereocenters. The maximum atomic E-state index is 11.9. The zero-order chi connectivity index (χ0) is 14.5. The van der Waals surface area contributed by atoms with Gasteiger partial charge in [-0.25, -0.2) is 4.79 Å². The number of anilines is 1. The summed E-state index contributed by atoms with van der Waals surface area (Å²) in [6, 6.07) is 8.06. The Morgan fingerprint density at radius 3 is 2.50 bits per heavy atom. The lowest BCUT2D eigenvalue weighted by atomic mass is 10.3. The van der Waals surface area contributed by atoms with Crippen LogP contribution < -0.4 is 10.1 Å². The molecule has 0 radical (unpaired) electrons. The number of carboxylic acid groups (broad SMARTS) is 1. The molecular formula is C13H10ClNO4S. The maximum Gasteiger partial charge on any atom is 0.341 e. The summed E-state index contributed by atoms with van der Waals surface area (Å²) < 4.78 is 4.99. The van der Waals surface area contributed by atoms with E-state index in [4.69, 9.17) is 21.4 Å². The number of hydrogen-bond acceptors (Lipinski definition) is 4. The molecule has 20 heavy (non-hydrogen) atoms. The number of carbonyl (C=O) groups is 2. The molecule has 0 aliphatic rings. The highest BCUT2D eigenvalue weighted by Gasteiger charge is 2.11. The molecular weight excluding hydrogens is 302 g/mol. The number of halogens is 1. The Morgan fingerprint density at radius 2 is 1.95 bits per heavy atom. The number of thiophene rings is 1. The average molecular weight is 312 g/mol. The van der Waals surface area contributed by atoms with Crippen LogP contribution in [0.15, 0.2) is 35.7 Å². The van der Waals surface area contributed by atoms with Gasteiger partial charge in [0.05, 0.1) is 5.02 Å². The van der Waals surface area contributed by atoms with E-state index in [1.54, 1.807) is 35.7 Å². The van der Waals surface area contributed by atoms with Gasteiger partial charge in [0.1, 0.15) is 10.6 Å². The van der Waals surface area contributed by atoms with E-state index < -0.39 is 12.6 Å². The Bertz CT molecular complexity index is 624. The Balaban J connectivity index is 1.99. The SMILES string of the molecule is O=C(O)COc1ccc(NC(=O)c2sccc2Cl)cc1. The van der Waals surface area contributed by atoms with Crippen molar-refractivity contribution in [2.75, 3.05) is 11.9 Å². The fraction of sp³-hybridized carbons (Fsp3) is 0.0769. The highest BCUT2D eigenvalue weighted by Crippen LogP contribution is 2.23. The van der Waals surface area contributed by atoms with Gasteiger partial charge in [-0.2, -0.15) is 0 Å². The second kappa shape index (κ2) is 6.40. The van der Waals surface area contributed by atoms with E-state index in [1.165, 1.54) is 11.3 Å². The van der Waals surface area contributed by atoms with E-state index in [1.807, 2.05) is 0 Å². The minimum absolute atomic E-state index is 0.288. The number of carboxylic acids is 1. The van der Waals surface area contributed by atoms with E-state index in [-0.39, 0.29) is 5.91 Å². The molecule has 1 amide bonds. The van der Waals surface area contributed by atoms with Crippen LogP contribution in [0.4, 0.5) is 5.69 Å². The Kier molecular flexibility index (Phi) is 4.60. The summed E-state index contributed by atoms with van der Waals surface area (Å²) >= 11 is 7.13. The van der Waals surface area contributed by atoms with Crippen molar-refractivity contribution in [3.05, 3.63) is 45.6 Å². The van der Waals surface area contributed by atoms with Crippen LogP contribution in [0, 0.1) is 0 Å². The summed E-state index contributed by atoms with van der Waals surface area (Å²) in [5.41, 5.74) is 0.571. The standard InChI is InChI=1S/C13H10ClNO4S/c14-10-5-6-20-12(10)13(18)15-8-1-3-9(4-2-8)19-7-11(16)17/h1-6H,7H2,(H,15,18)(H,16,17). The normalized spacial score (nSPS) is 10.1. The molecule has 5 nitrogen and oxygen atoms in total. The monoisotopic (exact) mass is 311 g/mol. The quantitative estimate of drug-likeness (QED) is 0.889. The topological polar surface area (TPSA) is 75.6 Å². The fourth-order valence-corrected chi connectivity index (χ4v) is 2.46. The second-order valence-electron chi connectivity index (χ2n) is 3.76. The lowest BCUT2D eigenvalue weighted by Crippen LogP contribution is -2.11. The molecule has 0 aliphatic carbocycles. The van der Waals surface area contributed by atoms with Crippen LogP contribution in [-0.2, 0) is 4.79 Å². The number of nitrogens with one attached hydrogen (secondary N) is 1. The third-order valence-electron chi connectivity index (χ3n) is 2.30. The molecule has 0 fully saturated rings. The number of benzene rings is 1. The van der Waals surface area contributed by atoms with E-state index >= 15 is 0 Å². The van der Waals surface area contributed by atoms with E-state index in [0.717, 1.165) is 0 Å². The number of carbonyl (C=O) groups excluding carboxylic acids is 1. The van der Waals surface area contributed by atoms with Gasteiger partial charge in [0.15, 0.2) is 6.61 Å². The molecule has 0 atom stereocenters. The molecule has 0 aliphatic heterocycles. The number of aliphatic carboxylic acids is 1. The van der Waals surface area contributed by atoms with Crippen molar-refractivity contribution in [2.45, 2.75) is 0 Å². The van der Waals surface area contributed by atoms with Crippen LogP contribution in [0.3, 0.4) is 0 Å². The first-order valence-corrected chi connectivity index (χ1v) is 6.81. The first kappa shape index (κ1) is 14.4. The lowest BCUT2D eigenvalue weighted by Gasteiger charge is -2.06. The molecule has 2 aromatic rings. The molecule has 0 spiro atoms. The van der Waals surface area contributed by atoms with Crippen molar-refractivity contribution in [1.29, 1.82) is 0 Å². The summed E-state index contributed by atoms with van der Waals surface area (Å²) in [6.45, 7) is -0.406. The first-order chi connectivity index (χ1) is 9.56. The number of hydrogen-bond donors (Lipinski definition) is 2. The predicted molar refractivity (Wildman–Crippen MR) is 76.9 cm³/mol. The van der Waals surface area contributed by atoms with Gasteiger partial charge < -0.3 is 15.2 Å². The minimum atomic E-state index is -1.05. The summed E-state index contributed by atoms with van der Waals surface area (Å²) in [5, 5.41) is 13.3. The van der Waals surface area contributed by atoms with Gasteiger partial charge in [-0.15, -0.1) is 11.3 Å². The lowest BCUT2D eigenvalue weighted by molar-refractivity contribution is -0.139. The van der Waals surface area contributed by atoms with Crippen molar-refractivity contribution < 1.29 is 19.4 Å². The highest BCUT2D eigenvalue weighted by molar-refractivity contribution is 7.12. The molecule has 0 saturated heterocycles. The van der Waals surface area contributed by atoms with Crippen molar-refractivity contribution in [3.63, 3.8) is 0 Å². The molecule has 1 aromatic carbocycles. The van der Waals surface area contributed by atoms with Gasteiger partial charge in [0.25, 0.3) is 5.91 Å². The van der Waals surface area contributed by atoms with Crippen molar-refractivity contribution in [3.8, 4) is 5.75 Å². The summed E-state index contributed by atoms with van der Waals surface area (Å²) in [5.74, 6) is -0.918. The Labute approximate surface area is 123 Å². The zero-order valence-electron chi connectivity index (χ0n) is 10.1. The Hall–Kier alpha value is -2.05. The molecule has 2 rings (SSSR count). The third-order valence-corrected chi connectivity index (χ3v) is 3.64. The van der Waals surface area contributed by atoms with Gasteiger partial charge in [-0.05, 0) is 35.7 Å². The van der Waals surface area contributed by atoms with Crippen LogP contribution in [0.25, 0.3) is 0 Å².